The van der Waals surface area contributed by atoms with Crippen LogP contribution in [0.1, 0.15) is 22.3 Å². The number of benzene rings is 8. The number of nitrogens with zero attached hydrogens (tertiary/aromatic N) is 3. The van der Waals surface area contributed by atoms with Crippen LogP contribution in [0.25, 0.3) is 83.6 Å². The molecule has 10 aromatic rings. The van der Waals surface area contributed by atoms with Gasteiger partial charge in [-0.1, -0.05) is 164 Å². The topological polar surface area (TPSA) is 30.7 Å². The first-order valence-corrected chi connectivity index (χ1v) is 19.3. The summed E-state index contributed by atoms with van der Waals surface area (Å²) in [6, 6.07) is 72.4. The van der Waals surface area contributed by atoms with Gasteiger partial charge in [-0.25, -0.2) is 9.97 Å². The molecule has 0 unspecified atom stereocenters. The van der Waals surface area contributed by atoms with Crippen molar-refractivity contribution in [2.45, 2.75) is 5.41 Å². The first-order valence-electron chi connectivity index (χ1n) is 19.3. The Balaban J connectivity index is 1.11. The maximum atomic E-state index is 5.39. The molecule has 3 nitrogen and oxygen atoms in total. The van der Waals surface area contributed by atoms with Gasteiger partial charge in [-0.05, 0) is 80.9 Å². The van der Waals surface area contributed by atoms with E-state index in [1.807, 2.05) is 6.07 Å². The van der Waals surface area contributed by atoms with Crippen molar-refractivity contribution >= 4 is 21.8 Å². The van der Waals surface area contributed by atoms with Crippen LogP contribution in [-0.2, 0) is 5.41 Å². The second-order valence-electron chi connectivity index (χ2n) is 14.9. The number of fused-ring (bicyclic) bond motifs is 13. The summed E-state index contributed by atoms with van der Waals surface area (Å²) in [5.41, 5.74) is 18.4. The second kappa shape index (κ2) is 11.8. The minimum absolute atomic E-state index is 0.425. The molecule has 0 saturated heterocycles. The van der Waals surface area contributed by atoms with Crippen molar-refractivity contribution in [2.24, 2.45) is 0 Å². The van der Waals surface area contributed by atoms with Gasteiger partial charge in [0.1, 0.15) is 0 Å². The van der Waals surface area contributed by atoms with Crippen molar-refractivity contribution in [2.75, 3.05) is 0 Å². The standard InChI is InChI=1S/C53H33N3/c1-3-16-34(17-4-1)52-54-47(35-30-31-50-42(32-35)39-22-10-14-29-49(39)56(50)36-18-5-2-6-19-36)33-48(55-52)41-24-15-28-46-51(41)40-23-9-13-27-45(40)53(46)43-25-11-7-20-37(43)38-21-8-12-26-44(38)53/h1-33H. The summed E-state index contributed by atoms with van der Waals surface area (Å²) in [5.74, 6) is 0.708. The van der Waals surface area contributed by atoms with Crippen LogP contribution in [0, 0.1) is 0 Å². The number of rotatable bonds is 4. The molecule has 2 aliphatic carbocycles. The molecule has 0 radical (unpaired) electrons. The van der Waals surface area contributed by atoms with Crippen LogP contribution in [0.5, 0.6) is 0 Å². The molecule has 0 fully saturated rings. The molecule has 3 heteroatoms. The third-order valence-corrected chi connectivity index (χ3v) is 12.0. The maximum absolute atomic E-state index is 5.39. The first-order chi connectivity index (χ1) is 27.8. The average Bonchev–Trinajstić information content (AvgIpc) is 3.88. The summed E-state index contributed by atoms with van der Waals surface area (Å²) in [6.07, 6.45) is 0. The average molecular weight is 712 g/mol. The second-order valence-corrected chi connectivity index (χ2v) is 14.9. The van der Waals surface area contributed by atoms with Crippen molar-refractivity contribution in [1.29, 1.82) is 0 Å². The zero-order chi connectivity index (χ0) is 36.8. The summed E-state index contributed by atoms with van der Waals surface area (Å²) >= 11 is 0. The predicted octanol–water partition coefficient (Wildman–Crippen LogP) is 12.9. The van der Waals surface area contributed by atoms with Gasteiger partial charge >= 0.3 is 0 Å². The molecule has 260 valence electrons. The van der Waals surface area contributed by atoms with Gasteiger partial charge in [-0.3, -0.25) is 0 Å². The molecule has 0 atom stereocenters. The number of hydrogen-bond donors (Lipinski definition) is 0. The molecule has 56 heavy (non-hydrogen) atoms. The van der Waals surface area contributed by atoms with Crippen molar-refractivity contribution in [3.05, 3.63) is 222 Å². The van der Waals surface area contributed by atoms with E-state index in [1.54, 1.807) is 0 Å². The Morgan fingerprint density at radius 1 is 0.357 bits per heavy atom. The zero-order valence-electron chi connectivity index (χ0n) is 30.4. The highest BCUT2D eigenvalue weighted by Gasteiger charge is 2.52. The molecule has 12 rings (SSSR count). The van der Waals surface area contributed by atoms with Crippen LogP contribution < -0.4 is 0 Å². The first kappa shape index (κ1) is 31.0. The predicted molar refractivity (Wildman–Crippen MR) is 229 cm³/mol. The van der Waals surface area contributed by atoms with E-state index in [0.29, 0.717) is 5.82 Å². The van der Waals surface area contributed by atoms with Crippen LogP contribution in [0.2, 0.25) is 0 Å². The van der Waals surface area contributed by atoms with E-state index in [-0.39, 0.29) is 0 Å². The van der Waals surface area contributed by atoms with Crippen LogP contribution in [-0.4, -0.2) is 14.5 Å². The molecule has 0 aliphatic heterocycles. The Labute approximate surface area is 324 Å². The summed E-state index contributed by atoms with van der Waals surface area (Å²) in [7, 11) is 0. The van der Waals surface area contributed by atoms with Gasteiger partial charge in [-0.2, -0.15) is 0 Å². The highest BCUT2D eigenvalue weighted by Crippen LogP contribution is 2.63. The van der Waals surface area contributed by atoms with Crippen molar-refractivity contribution in [3.8, 4) is 61.8 Å². The smallest absolute Gasteiger partial charge is 0.160 e. The Morgan fingerprint density at radius 2 is 0.911 bits per heavy atom. The summed E-state index contributed by atoms with van der Waals surface area (Å²) < 4.78 is 2.36. The lowest BCUT2D eigenvalue weighted by atomic mass is 9.70. The molecule has 0 saturated carbocycles. The molecule has 2 aromatic heterocycles. The molecule has 0 bridgehead atoms. The van der Waals surface area contributed by atoms with Gasteiger partial charge in [-0.15, -0.1) is 0 Å². The molecule has 2 heterocycles. The summed E-state index contributed by atoms with van der Waals surface area (Å²) in [5, 5.41) is 2.41. The highest BCUT2D eigenvalue weighted by molar-refractivity contribution is 6.10. The highest BCUT2D eigenvalue weighted by atomic mass is 15.0. The number of aromatic nitrogens is 3. The van der Waals surface area contributed by atoms with Crippen molar-refractivity contribution in [1.82, 2.24) is 14.5 Å². The van der Waals surface area contributed by atoms with Gasteiger partial charge in [0.15, 0.2) is 5.82 Å². The third kappa shape index (κ3) is 4.22. The minimum Gasteiger partial charge on any atom is -0.309 e. The van der Waals surface area contributed by atoms with E-state index in [4.69, 9.17) is 9.97 Å². The Hall–Kier alpha value is -7.36. The van der Waals surface area contributed by atoms with E-state index in [0.717, 1.165) is 33.8 Å². The fourth-order valence-electron chi connectivity index (χ4n) is 9.79. The van der Waals surface area contributed by atoms with Crippen LogP contribution in [0.15, 0.2) is 200 Å². The molecular weight excluding hydrogens is 679 g/mol. The Morgan fingerprint density at radius 3 is 1.66 bits per heavy atom. The van der Waals surface area contributed by atoms with Crippen molar-refractivity contribution < 1.29 is 0 Å². The lowest BCUT2D eigenvalue weighted by Crippen LogP contribution is -2.25. The molecule has 8 aromatic carbocycles. The minimum atomic E-state index is -0.425. The van der Waals surface area contributed by atoms with Crippen molar-refractivity contribution in [3.63, 3.8) is 0 Å². The largest absolute Gasteiger partial charge is 0.309 e. The third-order valence-electron chi connectivity index (χ3n) is 12.0. The van der Waals surface area contributed by atoms with E-state index in [9.17, 15) is 0 Å². The molecular formula is C53H33N3. The monoisotopic (exact) mass is 711 g/mol. The normalized spacial score (nSPS) is 13.1. The quantitative estimate of drug-likeness (QED) is 0.182. The lowest BCUT2D eigenvalue weighted by Gasteiger charge is -2.30. The van der Waals surface area contributed by atoms with Gasteiger partial charge in [0, 0.05) is 33.2 Å². The van der Waals surface area contributed by atoms with Gasteiger partial charge < -0.3 is 4.57 Å². The Bertz CT molecular complexity index is 3150. The molecule has 0 N–H and O–H groups in total. The maximum Gasteiger partial charge on any atom is 0.160 e. The fourth-order valence-corrected chi connectivity index (χ4v) is 9.79. The van der Waals surface area contributed by atoms with Crippen LogP contribution >= 0.6 is 0 Å². The van der Waals surface area contributed by atoms with E-state index in [1.165, 1.54) is 66.3 Å². The lowest BCUT2D eigenvalue weighted by molar-refractivity contribution is 0.794. The summed E-state index contributed by atoms with van der Waals surface area (Å²) in [4.78, 5) is 10.7. The van der Waals surface area contributed by atoms with Gasteiger partial charge in [0.25, 0.3) is 0 Å². The summed E-state index contributed by atoms with van der Waals surface area (Å²) in [6.45, 7) is 0. The van der Waals surface area contributed by atoms with Gasteiger partial charge in [0.05, 0.1) is 27.8 Å². The molecule has 2 aliphatic rings. The van der Waals surface area contributed by atoms with Crippen LogP contribution in [0.3, 0.4) is 0 Å². The zero-order valence-corrected chi connectivity index (χ0v) is 30.4. The van der Waals surface area contributed by atoms with Crippen LogP contribution in [0.4, 0.5) is 0 Å². The van der Waals surface area contributed by atoms with E-state index >= 15 is 0 Å². The fraction of sp³-hybridized carbons (Fsp3) is 0.0189. The SMILES string of the molecule is c1ccc(-c2nc(-c3ccc4c(c3)c3ccccc3n4-c3ccccc3)cc(-c3cccc4c3-c3ccccc3C43c4ccccc4-c4ccccc43)n2)cc1. The van der Waals surface area contributed by atoms with E-state index in [2.05, 4.69) is 199 Å². The van der Waals surface area contributed by atoms with Gasteiger partial charge in [0.2, 0.25) is 0 Å². The Kier molecular flexibility index (Phi) is 6.55. The van der Waals surface area contributed by atoms with E-state index < -0.39 is 5.41 Å². The number of hydrogen-bond acceptors (Lipinski definition) is 2. The molecule has 0 amide bonds. The molecule has 1 spiro atoms. The number of para-hydroxylation sites is 2.